The van der Waals surface area contributed by atoms with Gasteiger partial charge in [-0.15, -0.1) is 0 Å². The van der Waals surface area contributed by atoms with Crippen molar-refractivity contribution in [1.29, 1.82) is 0 Å². The van der Waals surface area contributed by atoms with Gasteiger partial charge in [-0.05, 0) is 42.0 Å². The third kappa shape index (κ3) is 4.69. The molecule has 0 radical (unpaired) electrons. The molecular formula is C21H26O2. The van der Waals surface area contributed by atoms with Crippen LogP contribution in [-0.2, 0) is 11.2 Å². The van der Waals surface area contributed by atoms with Crippen LogP contribution in [0.3, 0.4) is 0 Å². The number of carbonyl (C=O) groups excluding carboxylic acids is 1. The molecule has 2 aromatic carbocycles. The number of aryl methyl sites for hydroxylation is 1. The Morgan fingerprint density at radius 3 is 2.26 bits per heavy atom. The van der Waals surface area contributed by atoms with E-state index in [1.807, 2.05) is 30.3 Å². The van der Waals surface area contributed by atoms with Crippen LogP contribution in [0.4, 0.5) is 0 Å². The minimum Gasteiger partial charge on any atom is -0.462 e. The molecule has 0 saturated heterocycles. The van der Waals surface area contributed by atoms with Gasteiger partial charge in [0.2, 0.25) is 0 Å². The number of ether oxygens (including phenoxy) is 1. The van der Waals surface area contributed by atoms with E-state index < -0.39 is 0 Å². The highest BCUT2D eigenvalue weighted by Gasteiger charge is 2.15. The van der Waals surface area contributed by atoms with E-state index in [0.29, 0.717) is 12.2 Å². The van der Waals surface area contributed by atoms with Gasteiger partial charge in [0, 0.05) is 0 Å². The van der Waals surface area contributed by atoms with E-state index in [9.17, 15) is 4.79 Å². The molecule has 122 valence electrons. The van der Waals surface area contributed by atoms with Crippen molar-refractivity contribution >= 4 is 5.97 Å². The Balaban J connectivity index is 2.32. The molecule has 0 aromatic heterocycles. The van der Waals surface area contributed by atoms with Crippen molar-refractivity contribution in [2.24, 2.45) is 0 Å². The number of benzene rings is 2. The number of rotatable bonds is 8. The van der Waals surface area contributed by atoms with Gasteiger partial charge in [-0.25, -0.2) is 4.79 Å². The highest BCUT2D eigenvalue weighted by molar-refractivity contribution is 5.97. The maximum atomic E-state index is 12.4. The third-order valence-corrected chi connectivity index (χ3v) is 3.99. The van der Waals surface area contributed by atoms with Crippen molar-refractivity contribution < 1.29 is 9.53 Å². The molecule has 0 aliphatic carbocycles. The van der Waals surface area contributed by atoms with E-state index in [4.69, 9.17) is 4.74 Å². The second-order valence-electron chi connectivity index (χ2n) is 5.80. The van der Waals surface area contributed by atoms with E-state index in [2.05, 4.69) is 32.0 Å². The molecular weight excluding hydrogens is 284 g/mol. The molecule has 2 rings (SSSR count). The van der Waals surface area contributed by atoms with Crippen LogP contribution in [0.25, 0.3) is 11.1 Å². The zero-order valence-electron chi connectivity index (χ0n) is 14.2. The summed E-state index contributed by atoms with van der Waals surface area (Å²) in [5.41, 5.74) is 4.07. The van der Waals surface area contributed by atoms with Crippen molar-refractivity contribution in [3.63, 3.8) is 0 Å². The van der Waals surface area contributed by atoms with Gasteiger partial charge >= 0.3 is 5.97 Å². The maximum Gasteiger partial charge on any atom is 0.338 e. The van der Waals surface area contributed by atoms with Crippen LogP contribution in [-0.4, -0.2) is 12.6 Å². The van der Waals surface area contributed by atoms with Crippen molar-refractivity contribution in [2.75, 3.05) is 6.61 Å². The van der Waals surface area contributed by atoms with Crippen LogP contribution >= 0.6 is 0 Å². The van der Waals surface area contributed by atoms with Crippen molar-refractivity contribution in [2.45, 2.75) is 46.0 Å². The Kier molecular flexibility index (Phi) is 6.86. The molecule has 2 heteroatoms. The largest absolute Gasteiger partial charge is 0.462 e. The first kappa shape index (κ1) is 17.3. The van der Waals surface area contributed by atoms with Gasteiger partial charge in [-0.2, -0.15) is 0 Å². The average Bonchev–Trinajstić information content (AvgIpc) is 2.60. The number of unbranched alkanes of at least 4 members (excludes halogenated alkanes) is 2. The molecule has 0 atom stereocenters. The summed E-state index contributed by atoms with van der Waals surface area (Å²) < 4.78 is 5.41. The normalized spacial score (nSPS) is 10.5. The van der Waals surface area contributed by atoms with Gasteiger partial charge < -0.3 is 4.74 Å². The van der Waals surface area contributed by atoms with E-state index in [-0.39, 0.29) is 5.97 Å². The van der Waals surface area contributed by atoms with Crippen molar-refractivity contribution in [1.82, 2.24) is 0 Å². The Morgan fingerprint density at radius 1 is 0.870 bits per heavy atom. The molecule has 0 heterocycles. The summed E-state index contributed by atoms with van der Waals surface area (Å²) in [6.07, 6.45) is 5.27. The highest BCUT2D eigenvalue weighted by atomic mass is 16.5. The van der Waals surface area contributed by atoms with Crippen LogP contribution in [0, 0.1) is 0 Å². The van der Waals surface area contributed by atoms with Gasteiger partial charge in [0.1, 0.15) is 0 Å². The lowest BCUT2D eigenvalue weighted by atomic mass is 9.93. The molecule has 23 heavy (non-hydrogen) atoms. The minimum atomic E-state index is -0.223. The van der Waals surface area contributed by atoms with Gasteiger partial charge in [-0.1, -0.05) is 69.2 Å². The second-order valence-corrected chi connectivity index (χ2v) is 5.80. The number of hydrogen-bond donors (Lipinski definition) is 0. The fourth-order valence-corrected chi connectivity index (χ4v) is 2.65. The van der Waals surface area contributed by atoms with E-state index >= 15 is 0 Å². The monoisotopic (exact) mass is 310 g/mol. The molecule has 2 nitrogen and oxygen atoms in total. The number of esters is 1. The molecule has 0 amide bonds. The lowest BCUT2D eigenvalue weighted by Crippen LogP contribution is -2.08. The van der Waals surface area contributed by atoms with Crippen LogP contribution in [0.1, 0.15) is 55.5 Å². The summed E-state index contributed by atoms with van der Waals surface area (Å²) in [4.78, 5) is 12.4. The molecule has 2 aromatic rings. The zero-order chi connectivity index (χ0) is 16.5. The van der Waals surface area contributed by atoms with Crippen LogP contribution in [0.15, 0.2) is 48.5 Å². The van der Waals surface area contributed by atoms with Gasteiger partial charge in [0.05, 0.1) is 12.2 Å². The van der Waals surface area contributed by atoms with Crippen LogP contribution in [0.2, 0.25) is 0 Å². The molecule has 0 spiro atoms. The topological polar surface area (TPSA) is 26.3 Å². The fraction of sp³-hybridized carbons (Fsp3) is 0.381. The second kappa shape index (κ2) is 9.14. The van der Waals surface area contributed by atoms with Gasteiger partial charge in [-0.3, -0.25) is 0 Å². The third-order valence-electron chi connectivity index (χ3n) is 3.99. The summed E-state index contributed by atoms with van der Waals surface area (Å²) in [5.74, 6) is -0.223. The summed E-state index contributed by atoms with van der Waals surface area (Å²) in [5, 5.41) is 0. The molecule has 0 aliphatic rings. The first-order valence-electron chi connectivity index (χ1n) is 8.62. The smallest absolute Gasteiger partial charge is 0.338 e. The summed E-state index contributed by atoms with van der Waals surface area (Å²) in [6.45, 7) is 4.77. The summed E-state index contributed by atoms with van der Waals surface area (Å²) in [7, 11) is 0. The summed E-state index contributed by atoms with van der Waals surface area (Å²) >= 11 is 0. The molecule has 0 unspecified atom stereocenters. The standard InChI is InChI=1S/C21H26O2/c1-3-5-11-17-12-7-8-13-18(17)19-14-9-10-15-20(19)21(22)23-16-6-4-2/h7-10,12-15H,3-6,11,16H2,1-2H3. The molecule has 0 aliphatic heterocycles. The predicted molar refractivity (Wildman–Crippen MR) is 95.7 cm³/mol. The average molecular weight is 310 g/mol. The van der Waals surface area contributed by atoms with E-state index in [1.54, 1.807) is 0 Å². The molecule has 0 bridgehead atoms. The SMILES string of the molecule is CCCCOC(=O)c1ccccc1-c1ccccc1CCCC. The molecule has 0 N–H and O–H groups in total. The lowest BCUT2D eigenvalue weighted by Gasteiger charge is -2.13. The van der Waals surface area contributed by atoms with Gasteiger partial charge in [0.25, 0.3) is 0 Å². The maximum absolute atomic E-state index is 12.4. The Morgan fingerprint density at radius 2 is 1.52 bits per heavy atom. The number of hydrogen-bond acceptors (Lipinski definition) is 2. The first-order valence-corrected chi connectivity index (χ1v) is 8.62. The van der Waals surface area contributed by atoms with Crippen molar-refractivity contribution in [3.05, 3.63) is 59.7 Å². The molecule has 0 fully saturated rings. The quantitative estimate of drug-likeness (QED) is 0.465. The minimum absolute atomic E-state index is 0.223. The fourth-order valence-electron chi connectivity index (χ4n) is 2.65. The Labute approximate surface area is 139 Å². The first-order chi connectivity index (χ1) is 11.3. The number of carbonyl (C=O) groups is 1. The van der Waals surface area contributed by atoms with Gasteiger partial charge in [0.15, 0.2) is 0 Å². The summed E-state index contributed by atoms with van der Waals surface area (Å²) in [6, 6.07) is 16.1. The van der Waals surface area contributed by atoms with E-state index in [0.717, 1.165) is 43.2 Å². The predicted octanol–water partition coefficient (Wildman–Crippen LogP) is 5.65. The van der Waals surface area contributed by atoms with E-state index in [1.165, 1.54) is 5.56 Å². The zero-order valence-corrected chi connectivity index (χ0v) is 14.2. The van der Waals surface area contributed by atoms with Crippen LogP contribution < -0.4 is 0 Å². The van der Waals surface area contributed by atoms with Crippen LogP contribution in [0.5, 0.6) is 0 Å². The Bertz CT molecular complexity index is 631. The van der Waals surface area contributed by atoms with Crippen molar-refractivity contribution in [3.8, 4) is 11.1 Å². The Hall–Kier alpha value is -2.09. The molecule has 0 saturated carbocycles. The highest BCUT2D eigenvalue weighted by Crippen LogP contribution is 2.28. The lowest BCUT2D eigenvalue weighted by molar-refractivity contribution is 0.0500.